The maximum absolute atomic E-state index is 11.7. The monoisotopic (exact) mass is 353 g/mol. The fourth-order valence-electron chi connectivity index (χ4n) is 3.41. The zero-order valence-electron chi connectivity index (χ0n) is 15.6. The van der Waals surface area contributed by atoms with E-state index < -0.39 is 5.91 Å². The SMILES string of the molecule is Cc1cccc(Cc2nc(C(N)=O)c(C)nc2NCCN2CCCC2)c1. The first kappa shape index (κ1) is 18.3. The molecule has 6 nitrogen and oxygen atoms in total. The lowest BCUT2D eigenvalue weighted by Gasteiger charge is -2.17. The zero-order chi connectivity index (χ0) is 18.5. The van der Waals surface area contributed by atoms with Gasteiger partial charge in [-0.05, 0) is 45.3 Å². The Morgan fingerprint density at radius 3 is 2.69 bits per heavy atom. The quantitative estimate of drug-likeness (QED) is 0.798. The number of rotatable bonds is 7. The highest BCUT2D eigenvalue weighted by Gasteiger charge is 2.16. The van der Waals surface area contributed by atoms with E-state index in [1.54, 1.807) is 6.92 Å². The molecular formula is C20H27N5O. The number of aromatic nitrogens is 2. The van der Waals surface area contributed by atoms with E-state index in [4.69, 9.17) is 5.73 Å². The normalized spacial score (nSPS) is 14.5. The van der Waals surface area contributed by atoms with Gasteiger partial charge in [0.25, 0.3) is 5.91 Å². The predicted molar refractivity (Wildman–Crippen MR) is 103 cm³/mol. The Kier molecular flexibility index (Phi) is 5.83. The van der Waals surface area contributed by atoms with Crippen molar-refractivity contribution in [3.63, 3.8) is 0 Å². The predicted octanol–water partition coefficient (Wildman–Crippen LogP) is 2.29. The summed E-state index contributed by atoms with van der Waals surface area (Å²) >= 11 is 0. The second kappa shape index (κ2) is 8.27. The molecule has 0 bridgehead atoms. The number of nitrogens with two attached hydrogens (primary N) is 1. The van der Waals surface area contributed by atoms with Crippen molar-refractivity contribution < 1.29 is 4.79 Å². The first-order valence-electron chi connectivity index (χ1n) is 9.22. The molecule has 0 aliphatic carbocycles. The largest absolute Gasteiger partial charge is 0.367 e. The summed E-state index contributed by atoms with van der Waals surface area (Å²) in [6, 6.07) is 8.28. The molecule has 0 spiro atoms. The van der Waals surface area contributed by atoms with Gasteiger partial charge in [0.15, 0.2) is 0 Å². The van der Waals surface area contributed by atoms with Gasteiger partial charge in [-0.2, -0.15) is 0 Å². The Hall–Kier alpha value is -2.47. The molecule has 0 radical (unpaired) electrons. The van der Waals surface area contributed by atoms with Crippen LogP contribution in [-0.2, 0) is 6.42 Å². The summed E-state index contributed by atoms with van der Waals surface area (Å²) in [5, 5.41) is 3.41. The Morgan fingerprint density at radius 1 is 1.23 bits per heavy atom. The van der Waals surface area contributed by atoms with E-state index in [0.717, 1.165) is 30.2 Å². The minimum Gasteiger partial charge on any atom is -0.367 e. The second-order valence-corrected chi connectivity index (χ2v) is 6.96. The Bertz CT molecular complexity index is 784. The highest BCUT2D eigenvalue weighted by molar-refractivity contribution is 5.92. The van der Waals surface area contributed by atoms with Crippen LogP contribution in [0.1, 0.15) is 45.8 Å². The van der Waals surface area contributed by atoms with Crippen LogP contribution in [0.5, 0.6) is 0 Å². The van der Waals surface area contributed by atoms with Gasteiger partial charge in [-0.1, -0.05) is 29.8 Å². The minimum atomic E-state index is -0.538. The number of hydrogen-bond acceptors (Lipinski definition) is 5. The summed E-state index contributed by atoms with van der Waals surface area (Å²) in [5.41, 5.74) is 9.37. The summed E-state index contributed by atoms with van der Waals surface area (Å²) in [6.07, 6.45) is 3.18. The third-order valence-electron chi connectivity index (χ3n) is 4.75. The van der Waals surface area contributed by atoms with E-state index in [0.29, 0.717) is 12.1 Å². The first-order valence-corrected chi connectivity index (χ1v) is 9.22. The molecule has 26 heavy (non-hydrogen) atoms. The van der Waals surface area contributed by atoms with Gasteiger partial charge in [-0.3, -0.25) is 4.79 Å². The molecule has 1 aromatic carbocycles. The number of aryl methyl sites for hydroxylation is 2. The molecule has 1 saturated heterocycles. The Balaban J connectivity index is 1.80. The molecule has 2 aromatic rings. The van der Waals surface area contributed by atoms with E-state index in [1.807, 2.05) is 6.07 Å². The second-order valence-electron chi connectivity index (χ2n) is 6.96. The number of likely N-dealkylation sites (tertiary alicyclic amines) is 1. The average molecular weight is 353 g/mol. The molecule has 1 fully saturated rings. The van der Waals surface area contributed by atoms with Gasteiger partial charge in [-0.25, -0.2) is 9.97 Å². The molecule has 2 heterocycles. The van der Waals surface area contributed by atoms with Crippen LogP contribution >= 0.6 is 0 Å². The van der Waals surface area contributed by atoms with Crippen molar-refractivity contribution >= 4 is 11.7 Å². The van der Waals surface area contributed by atoms with Crippen LogP contribution in [-0.4, -0.2) is 47.0 Å². The van der Waals surface area contributed by atoms with Crippen LogP contribution in [0.2, 0.25) is 0 Å². The number of nitrogens with one attached hydrogen (secondary N) is 1. The Labute approximate surface area is 154 Å². The number of benzene rings is 1. The van der Waals surface area contributed by atoms with E-state index in [2.05, 4.69) is 45.3 Å². The lowest BCUT2D eigenvalue weighted by atomic mass is 10.1. The van der Waals surface area contributed by atoms with E-state index in [1.165, 1.54) is 31.5 Å². The number of nitrogens with zero attached hydrogens (tertiary/aromatic N) is 3. The van der Waals surface area contributed by atoms with Gasteiger partial charge in [0.2, 0.25) is 0 Å². The fourth-order valence-corrected chi connectivity index (χ4v) is 3.41. The van der Waals surface area contributed by atoms with Crippen molar-refractivity contribution in [3.05, 3.63) is 52.5 Å². The van der Waals surface area contributed by atoms with E-state index in [-0.39, 0.29) is 5.69 Å². The fraction of sp³-hybridized carbons (Fsp3) is 0.450. The van der Waals surface area contributed by atoms with Crippen LogP contribution in [0.4, 0.5) is 5.82 Å². The van der Waals surface area contributed by atoms with Crippen molar-refractivity contribution in [1.29, 1.82) is 0 Å². The maximum Gasteiger partial charge on any atom is 0.269 e. The van der Waals surface area contributed by atoms with Crippen molar-refractivity contribution in [2.45, 2.75) is 33.1 Å². The molecule has 3 N–H and O–H groups in total. The molecule has 138 valence electrons. The van der Waals surface area contributed by atoms with Crippen molar-refractivity contribution in [2.75, 3.05) is 31.5 Å². The molecule has 6 heteroatoms. The number of primary amides is 1. The van der Waals surface area contributed by atoms with Gasteiger partial charge in [0, 0.05) is 19.5 Å². The lowest BCUT2D eigenvalue weighted by molar-refractivity contribution is 0.0994. The van der Waals surface area contributed by atoms with Crippen LogP contribution in [0.15, 0.2) is 24.3 Å². The summed E-state index contributed by atoms with van der Waals surface area (Å²) in [7, 11) is 0. The van der Waals surface area contributed by atoms with E-state index >= 15 is 0 Å². The third-order valence-corrected chi connectivity index (χ3v) is 4.75. The summed E-state index contributed by atoms with van der Waals surface area (Å²) in [5.74, 6) is 0.206. The smallest absolute Gasteiger partial charge is 0.269 e. The first-order chi connectivity index (χ1) is 12.5. The van der Waals surface area contributed by atoms with Crippen LogP contribution in [0.25, 0.3) is 0 Å². The molecule has 1 aromatic heterocycles. The molecule has 3 rings (SSSR count). The molecular weight excluding hydrogens is 326 g/mol. The topological polar surface area (TPSA) is 84.1 Å². The molecule has 0 saturated carbocycles. The summed E-state index contributed by atoms with van der Waals surface area (Å²) in [4.78, 5) is 23.2. The maximum atomic E-state index is 11.7. The average Bonchev–Trinajstić information content (AvgIpc) is 3.10. The number of anilines is 1. The molecule has 1 amide bonds. The Morgan fingerprint density at radius 2 is 2.00 bits per heavy atom. The van der Waals surface area contributed by atoms with Gasteiger partial charge in [0.05, 0.1) is 11.4 Å². The van der Waals surface area contributed by atoms with Crippen LogP contribution in [0, 0.1) is 13.8 Å². The molecule has 1 aliphatic rings. The highest BCUT2D eigenvalue weighted by atomic mass is 16.1. The zero-order valence-corrected chi connectivity index (χ0v) is 15.6. The van der Waals surface area contributed by atoms with Gasteiger partial charge in [-0.15, -0.1) is 0 Å². The van der Waals surface area contributed by atoms with Gasteiger partial charge >= 0.3 is 0 Å². The molecule has 0 unspecified atom stereocenters. The van der Waals surface area contributed by atoms with Crippen molar-refractivity contribution in [2.24, 2.45) is 5.73 Å². The van der Waals surface area contributed by atoms with Crippen LogP contribution < -0.4 is 11.1 Å². The lowest BCUT2D eigenvalue weighted by Crippen LogP contribution is -2.27. The van der Waals surface area contributed by atoms with Gasteiger partial charge < -0.3 is 16.0 Å². The van der Waals surface area contributed by atoms with E-state index in [9.17, 15) is 4.79 Å². The van der Waals surface area contributed by atoms with Crippen LogP contribution in [0.3, 0.4) is 0 Å². The number of carbonyl (C=O) groups is 1. The molecule has 1 aliphatic heterocycles. The summed E-state index contributed by atoms with van der Waals surface area (Å²) < 4.78 is 0. The number of amides is 1. The number of carbonyl (C=O) groups excluding carboxylic acids is 1. The number of hydrogen-bond donors (Lipinski definition) is 2. The standard InChI is InChI=1S/C20H27N5O/c1-14-6-5-7-16(12-14)13-17-20(22-8-11-25-9-3-4-10-25)23-15(2)18(24-17)19(21)26/h5-7,12H,3-4,8-11,13H2,1-2H3,(H2,21,26)(H,22,23). The van der Waals surface area contributed by atoms with Gasteiger partial charge in [0.1, 0.15) is 11.5 Å². The third kappa shape index (κ3) is 4.58. The highest BCUT2D eigenvalue weighted by Crippen LogP contribution is 2.18. The summed E-state index contributed by atoms with van der Waals surface area (Å²) in [6.45, 7) is 7.98. The van der Waals surface area contributed by atoms with Crippen molar-refractivity contribution in [3.8, 4) is 0 Å². The minimum absolute atomic E-state index is 0.248. The molecule has 0 atom stereocenters. The van der Waals surface area contributed by atoms with Crippen molar-refractivity contribution in [1.82, 2.24) is 14.9 Å².